The molecule has 0 spiro atoms. The van der Waals surface area contributed by atoms with Crippen LogP contribution < -0.4 is 5.32 Å². The molecule has 0 aliphatic carbocycles. The van der Waals surface area contributed by atoms with Gasteiger partial charge in [-0.15, -0.1) is 11.6 Å². The molecule has 0 unspecified atom stereocenters. The summed E-state index contributed by atoms with van der Waals surface area (Å²) in [5.41, 5.74) is 0.663. The molecule has 0 aliphatic rings. The standard InChI is InChI=1S/C10H10Cl2FNO/c1-6(14-10(15)5-11)8-3-2-7(13)4-9(8)12/h2-4,6H,5H2,1H3,(H,14,15)/t6-/m0/s1. The molecule has 82 valence electrons. The molecular weight excluding hydrogens is 240 g/mol. The minimum Gasteiger partial charge on any atom is -0.348 e. The molecule has 0 aliphatic heterocycles. The Balaban J connectivity index is 2.82. The van der Waals surface area contributed by atoms with Crippen LogP contribution in [0.4, 0.5) is 4.39 Å². The first-order valence-electron chi connectivity index (χ1n) is 4.35. The summed E-state index contributed by atoms with van der Waals surface area (Å²) in [6.07, 6.45) is 0. The van der Waals surface area contributed by atoms with E-state index in [9.17, 15) is 9.18 Å². The molecule has 0 saturated carbocycles. The Labute approximate surface area is 97.4 Å². The van der Waals surface area contributed by atoms with Crippen LogP contribution in [0.3, 0.4) is 0 Å². The SMILES string of the molecule is C[C@H](NC(=O)CCl)c1ccc(F)cc1Cl. The Morgan fingerprint density at radius 3 is 2.80 bits per heavy atom. The van der Waals surface area contributed by atoms with Gasteiger partial charge in [0.2, 0.25) is 5.91 Å². The molecule has 1 N–H and O–H groups in total. The maximum Gasteiger partial charge on any atom is 0.235 e. The van der Waals surface area contributed by atoms with Crippen molar-refractivity contribution in [1.82, 2.24) is 5.32 Å². The topological polar surface area (TPSA) is 29.1 Å². The van der Waals surface area contributed by atoms with Gasteiger partial charge < -0.3 is 5.32 Å². The molecule has 0 bridgehead atoms. The van der Waals surface area contributed by atoms with Crippen molar-refractivity contribution in [2.24, 2.45) is 0 Å². The molecule has 5 heteroatoms. The number of amides is 1. The third-order valence-corrected chi connectivity index (χ3v) is 2.50. The maximum absolute atomic E-state index is 12.7. The minimum atomic E-state index is -0.403. The van der Waals surface area contributed by atoms with Crippen molar-refractivity contribution in [2.75, 3.05) is 5.88 Å². The van der Waals surface area contributed by atoms with Crippen molar-refractivity contribution in [3.8, 4) is 0 Å². The number of carbonyl (C=O) groups is 1. The zero-order valence-corrected chi connectivity index (χ0v) is 9.57. The largest absolute Gasteiger partial charge is 0.348 e. The monoisotopic (exact) mass is 249 g/mol. The normalized spacial score (nSPS) is 12.3. The maximum atomic E-state index is 12.7. The lowest BCUT2D eigenvalue weighted by molar-refractivity contribution is -0.119. The minimum absolute atomic E-state index is 0.108. The number of nitrogens with one attached hydrogen (secondary N) is 1. The van der Waals surface area contributed by atoms with Crippen LogP contribution >= 0.6 is 23.2 Å². The summed E-state index contributed by atoms with van der Waals surface area (Å²) in [6, 6.07) is 3.76. The first-order valence-corrected chi connectivity index (χ1v) is 5.26. The quantitative estimate of drug-likeness (QED) is 0.821. The van der Waals surface area contributed by atoms with Gasteiger partial charge >= 0.3 is 0 Å². The van der Waals surface area contributed by atoms with E-state index < -0.39 is 5.82 Å². The van der Waals surface area contributed by atoms with Gasteiger partial charge in [-0.2, -0.15) is 0 Å². The van der Waals surface area contributed by atoms with E-state index in [1.807, 2.05) is 0 Å². The Morgan fingerprint density at radius 1 is 1.60 bits per heavy atom. The zero-order valence-electron chi connectivity index (χ0n) is 8.06. The van der Waals surface area contributed by atoms with Crippen LogP contribution in [-0.2, 0) is 4.79 Å². The summed E-state index contributed by atoms with van der Waals surface area (Å²) in [6.45, 7) is 1.75. The van der Waals surface area contributed by atoms with Gasteiger partial charge in [0.15, 0.2) is 0 Å². The van der Waals surface area contributed by atoms with Crippen LogP contribution in [0.2, 0.25) is 5.02 Å². The highest BCUT2D eigenvalue weighted by molar-refractivity contribution is 6.31. The molecule has 1 aromatic carbocycles. The number of halogens is 3. The van der Waals surface area contributed by atoms with E-state index in [4.69, 9.17) is 23.2 Å². The van der Waals surface area contributed by atoms with Crippen LogP contribution in [0, 0.1) is 5.82 Å². The van der Waals surface area contributed by atoms with Crippen LogP contribution in [0.5, 0.6) is 0 Å². The molecule has 0 saturated heterocycles. The van der Waals surface area contributed by atoms with Crippen molar-refractivity contribution in [2.45, 2.75) is 13.0 Å². The fourth-order valence-corrected chi connectivity index (χ4v) is 1.62. The van der Waals surface area contributed by atoms with E-state index in [0.29, 0.717) is 5.56 Å². The molecule has 1 atom stereocenters. The molecule has 1 aromatic rings. The summed E-state index contributed by atoms with van der Waals surface area (Å²) >= 11 is 11.2. The van der Waals surface area contributed by atoms with Gasteiger partial charge in [0.25, 0.3) is 0 Å². The average Bonchev–Trinajstić information content (AvgIpc) is 2.17. The van der Waals surface area contributed by atoms with Crippen LogP contribution in [-0.4, -0.2) is 11.8 Å². The molecule has 0 aromatic heterocycles. The van der Waals surface area contributed by atoms with Crippen LogP contribution in [0.25, 0.3) is 0 Å². The first kappa shape index (κ1) is 12.3. The highest BCUT2D eigenvalue weighted by Crippen LogP contribution is 2.23. The summed E-state index contributed by atoms with van der Waals surface area (Å²) in [5, 5.41) is 2.92. The lowest BCUT2D eigenvalue weighted by atomic mass is 10.1. The number of rotatable bonds is 3. The summed E-state index contributed by atoms with van der Waals surface area (Å²) < 4.78 is 12.7. The Hall–Kier alpha value is -0.800. The predicted molar refractivity (Wildman–Crippen MR) is 58.7 cm³/mol. The van der Waals surface area contributed by atoms with Gasteiger partial charge in [0.1, 0.15) is 11.7 Å². The fraction of sp³-hybridized carbons (Fsp3) is 0.300. The van der Waals surface area contributed by atoms with Gasteiger partial charge in [-0.3, -0.25) is 4.79 Å². The molecule has 0 fully saturated rings. The third-order valence-electron chi connectivity index (χ3n) is 1.93. The fourth-order valence-electron chi connectivity index (χ4n) is 1.21. The van der Waals surface area contributed by atoms with E-state index in [-0.39, 0.29) is 22.9 Å². The number of alkyl halides is 1. The molecular formula is C10H10Cl2FNO. The molecule has 0 heterocycles. The average molecular weight is 250 g/mol. The van der Waals surface area contributed by atoms with Crippen molar-refractivity contribution in [3.05, 3.63) is 34.6 Å². The predicted octanol–water partition coefficient (Wildman–Crippen LogP) is 2.90. The van der Waals surface area contributed by atoms with E-state index in [2.05, 4.69) is 5.32 Å². The van der Waals surface area contributed by atoms with Crippen LogP contribution in [0.1, 0.15) is 18.5 Å². The second-order valence-corrected chi connectivity index (χ2v) is 3.76. The molecule has 2 nitrogen and oxygen atoms in total. The van der Waals surface area contributed by atoms with Crippen molar-refractivity contribution < 1.29 is 9.18 Å². The first-order chi connectivity index (χ1) is 7.04. The lowest BCUT2D eigenvalue weighted by Gasteiger charge is -2.14. The zero-order chi connectivity index (χ0) is 11.4. The number of carbonyl (C=O) groups excluding carboxylic acids is 1. The number of benzene rings is 1. The highest BCUT2D eigenvalue weighted by atomic mass is 35.5. The molecule has 1 rings (SSSR count). The van der Waals surface area contributed by atoms with Gasteiger partial charge in [0, 0.05) is 5.02 Å². The van der Waals surface area contributed by atoms with E-state index in [1.165, 1.54) is 18.2 Å². The second kappa shape index (κ2) is 5.33. The summed E-state index contributed by atoms with van der Waals surface area (Å²) in [5.74, 6) is -0.799. The Bertz CT molecular complexity index is 370. The van der Waals surface area contributed by atoms with Crippen molar-refractivity contribution in [3.63, 3.8) is 0 Å². The van der Waals surface area contributed by atoms with Crippen LogP contribution in [0.15, 0.2) is 18.2 Å². The number of hydrogen-bond donors (Lipinski definition) is 1. The summed E-state index contributed by atoms with van der Waals surface area (Å²) in [4.78, 5) is 11.0. The Morgan fingerprint density at radius 2 is 2.27 bits per heavy atom. The van der Waals surface area contributed by atoms with Gasteiger partial charge in [-0.05, 0) is 24.6 Å². The number of hydrogen-bond acceptors (Lipinski definition) is 1. The lowest BCUT2D eigenvalue weighted by Crippen LogP contribution is -2.27. The second-order valence-electron chi connectivity index (χ2n) is 3.09. The molecule has 15 heavy (non-hydrogen) atoms. The van der Waals surface area contributed by atoms with E-state index >= 15 is 0 Å². The van der Waals surface area contributed by atoms with E-state index in [1.54, 1.807) is 6.92 Å². The van der Waals surface area contributed by atoms with Crippen molar-refractivity contribution >= 4 is 29.1 Å². The van der Waals surface area contributed by atoms with Gasteiger partial charge in [0.05, 0.1) is 6.04 Å². The molecule has 1 amide bonds. The van der Waals surface area contributed by atoms with Gasteiger partial charge in [-0.1, -0.05) is 17.7 Å². The van der Waals surface area contributed by atoms with Crippen molar-refractivity contribution in [1.29, 1.82) is 0 Å². The third kappa shape index (κ3) is 3.36. The summed E-state index contributed by atoms with van der Waals surface area (Å²) in [7, 11) is 0. The van der Waals surface area contributed by atoms with Gasteiger partial charge in [-0.25, -0.2) is 4.39 Å². The Kier molecular flexibility index (Phi) is 4.36. The molecule has 0 radical (unpaired) electrons. The smallest absolute Gasteiger partial charge is 0.235 e. The highest BCUT2D eigenvalue weighted by Gasteiger charge is 2.12. The van der Waals surface area contributed by atoms with E-state index in [0.717, 1.165) is 0 Å².